The van der Waals surface area contributed by atoms with Crippen LogP contribution >= 0.6 is 11.6 Å². The van der Waals surface area contributed by atoms with Gasteiger partial charge in [-0.15, -0.1) is 0 Å². The first kappa shape index (κ1) is 16.1. The van der Waals surface area contributed by atoms with Crippen molar-refractivity contribution < 1.29 is 4.21 Å². The summed E-state index contributed by atoms with van der Waals surface area (Å²) in [4.78, 5) is 14.5. The van der Waals surface area contributed by atoms with E-state index < -0.39 is 10.8 Å². The lowest BCUT2D eigenvalue weighted by atomic mass is 10.5. The average Bonchev–Trinajstić information content (AvgIpc) is 2.35. The SMILES string of the molecule is CCN(CC)c1nc(Cl)nc(NCCCS(C)=O)n1. The van der Waals surface area contributed by atoms with E-state index in [9.17, 15) is 4.21 Å². The van der Waals surface area contributed by atoms with Crippen molar-refractivity contribution in [2.24, 2.45) is 0 Å². The fourth-order valence-electron chi connectivity index (χ4n) is 1.54. The van der Waals surface area contributed by atoms with Gasteiger partial charge < -0.3 is 10.2 Å². The van der Waals surface area contributed by atoms with Crippen LogP contribution in [0, 0.1) is 0 Å². The molecule has 0 aliphatic heterocycles. The van der Waals surface area contributed by atoms with Crippen LogP contribution in [0.15, 0.2) is 0 Å². The van der Waals surface area contributed by atoms with Gasteiger partial charge in [-0.05, 0) is 31.9 Å². The summed E-state index contributed by atoms with van der Waals surface area (Å²) < 4.78 is 10.9. The first-order chi connectivity index (χ1) is 9.06. The summed E-state index contributed by atoms with van der Waals surface area (Å²) in [5, 5.41) is 3.26. The number of aromatic nitrogens is 3. The monoisotopic (exact) mass is 305 g/mol. The zero-order valence-corrected chi connectivity index (χ0v) is 13.1. The minimum Gasteiger partial charge on any atom is -0.354 e. The van der Waals surface area contributed by atoms with E-state index in [4.69, 9.17) is 11.6 Å². The second kappa shape index (κ2) is 8.27. The Hall–Kier alpha value is -0.950. The van der Waals surface area contributed by atoms with E-state index in [0.29, 0.717) is 24.2 Å². The number of halogens is 1. The van der Waals surface area contributed by atoms with Crippen LogP contribution in [0.4, 0.5) is 11.9 Å². The Morgan fingerprint density at radius 1 is 1.26 bits per heavy atom. The molecule has 1 N–H and O–H groups in total. The molecule has 0 aliphatic carbocycles. The van der Waals surface area contributed by atoms with Crippen LogP contribution in [0.25, 0.3) is 0 Å². The third-order valence-electron chi connectivity index (χ3n) is 2.53. The van der Waals surface area contributed by atoms with Crippen molar-refractivity contribution in [2.45, 2.75) is 20.3 Å². The molecule has 6 nitrogen and oxygen atoms in total. The van der Waals surface area contributed by atoms with Gasteiger partial charge in [0.1, 0.15) is 0 Å². The van der Waals surface area contributed by atoms with Crippen LogP contribution in [-0.2, 0) is 10.8 Å². The van der Waals surface area contributed by atoms with Gasteiger partial charge in [0, 0.05) is 42.4 Å². The normalized spacial score (nSPS) is 12.2. The molecule has 0 saturated carbocycles. The fourth-order valence-corrected chi connectivity index (χ4v) is 2.25. The molecule has 108 valence electrons. The fraction of sp³-hybridized carbons (Fsp3) is 0.727. The maximum atomic E-state index is 10.9. The lowest BCUT2D eigenvalue weighted by Crippen LogP contribution is -2.25. The van der Waals surface area contributed by atoms with E-state index in [1.54, 1.807) is 6.26 Å². The largest absolute Gasteiger partial charge is 0.354 e. The lowest BCUT2D eigenvalue weighted by molar-refractivity contribution is 0.685. The average molecular weight is 306 g/mol. The van der Waals surface area contributed by atoms with Crippen molar-refractivity contribution in [1.29, 1.82) is 0 Å². The third-order valence-corrected chi connectivity index (χ3v) is 3.57. The highest BCUT2D eigenvalue weighted by molar-refractivity contribution is 7.84. The van der Waals surface area contributed by atoms with Gasteiger partial charge in [0.2, 0.25) is 17.2 Å². The van der Waals surface area contributed by atoms with Crippen molar-refractivity contribution in [1.82, 2.24) is 15.0 Å². The molecule has 0 amide bonds. The number of nitrogens with one attached hydrogen (secondary N) is 1. The lowest BCUT2D eigenvalue weighted by Gasteiger charge is -2.18. The van der Waals surface area contributed by atoms with Crippen LogP contribution in [0.1, 0.15) is 20.3 Å². The molecule has 0 aromatic carbocycles. The summed E-state index contributed by atoms with van der Waals surface area (Å²) in [5.41, 5.74) is 0. The topological polar surface area (TPSA) is 71.0 Å². The molecule has 0 aliphatic rings. The molecule has 1 rings (SSSR count). The summed E-state index contributed by atoms with van der Waals surface area (Å²) in [6.45, 7) is 6.35. The molecule has 19 heavy (non-hydrogen) atoms. The molecule has 1 atom stereocenters. The van der Waals surface area contributed by atoms with Gasteiger partial charge in [-0.2, -0.15) is 15.0 Å². The predicted molar refractivity (Wildman–Crippen MR) is 80.4 cm³/mol. The minimum absolute atomic E-state index is 0.179. The van der Waals surface area contributed by atoms with Gasteiger partial charge >= 0.3 is 0 Å². The number of hydrogen-bond donors (Lipinski definition) is 1. The second-order valence-electron chi connectivity index (χ2n) is 3.96. The number of rotatable bonds is 8. The molecule has 1 heterocycles. The first-order valence-electron chi connectivity index (χ1n) is 6.27. The van der Waals surface area contributed by atoms with Crippen LogP contribution in [0.2, 0.25) is 5.28 Å². The van der Waals surface area contributed by atoms with Gasteiger partial charge in [-0.25, -0.2) is 0 Å². The van der Waals surface area contributed by atoms with E-state index in [2.05, 4.69) is 20.3 Å². The molecule has 1 aromatic rings. The summed E-state index contributed by atoms with van der Waals surface area (Å²) >= 11 is 5.89. The molecule has 8 heteroatoms. The maximum absolute atomic E-state index is 10.9. The predicted octanol–water partition coefficient (Wildman–Crippen LogP) is 1.55. The van der Waals surface area contributed by atoms with Gasteiger partial charge in [-0.3, -0.25) is 4.21 Å². The Morgan fingerprint density at radius 2 is 1.95 bits per heavy atom. The molecular weight excluding hydrogens is 286 g/mol. The van der Waals surface area contributed by atoms with E-state index in [1.807, 2.05) is 18.7 Å². The van der Waals surface area contributed by atoms with E-state index in [0.717, 1.165) is 19.5 Å². The quantitative estimate of drug-likeness (QED) is 0.735. The zero-order chi connectivity index (χ0) is 14.3. The van der Waals surface area contributed by atoms with Gasteiger partial charge in [0.05, 0.1) is 0 Å². The number of nitrogens with zero attached hydrogens (tertiary/aromatic N) is 4. The highest BCUT2D eigenvalue weighted by atomic mass is 35.5. The Morgan fingerprint density at radius 3 is 2.53 bits per heavy atom. The van der Waals surface area contributed by atoms with E-state index in [-0.39, 0.29) is 5.28 Å². The van der Waals surface area contributed by atoms with Crippen molar-refractivity contribution in [2.75, 3.05) is 41.9 Å². The van der Waals surface area contributed by atoms with E-state index in [1.165, 1.54) is 0 Å². The molecule has 1 aromatic heterocycles. The van der Waals surface area contributed by atoms with Crippen LogP contribution in [0.5, 0.6) is 0 Å². The standard InChI is InChI=1S/C11H20ClN5OS/c1-4-17(5-2)11-15-9(12)14-10(16-11)13-7-6-8-19(3)18/h4-8H2,1-3H3,(H,13,14,15,16). The summed E-state index contributed by atoms with van der Waals surface area (Å²) in [6, 6.07) is 0. The van der Waals surface area contributed by atoms with Crippen molar-refractivity contribution in [3.8, 4) is 0 Å². The van der Waals surface area contributed by atoms with Gasteiger partial charge in [-0.1, -0.05) is 0 Å². The highest BCUT2D eigenvalue weighted by Crippen LogP contribution is 2.13. The Bertz CT molecular complexity index is 428. The minimum atomic E-state index is -0.770. The van der Waals surface area contributed by atoms with Crippen molar-refractivity contribution in [3.05, 3.63) is 5.28 Å². The molecule has 0 bridgehead atoms. The maximum Gasteiger partial charge on any atom is 0.231 e. The highest BCUT2D eigenvalue weighted by Gasteiger charge is 2.09. The number of anilines is 2. The summed E-state index contributed by atoms with van der Waals surface area (Å²) in [7, 11) is -0.770. The third kappa shape index (κ3) is 5.69. The Labute approximate surface area is 121 Å². The smallest absolute Gasteiger partial charge is 0.231 e. The first-order valence-corrected chi connectivity index (χ1v) is 8.37. The Kier molecular flexibility index (Phi) is 7.01. The van der Waals surface area contributed by atoms with Crippen LogP contribution in [-0.4, -0.2) is 50.8 Å². The summed E-state index contributed by atoms with van der Waals surface area (Å²) in [5.74, 6) is 1.70. The molecule has 0 saturated heterocycles. The van der Waals surface area contributed by atoms with Crippen LogP contribution in [0.3, 0.4) is 0 Å². The molecule has 1 unspecified atom stereocenters. The van der Waals surface area contributed by atoms with Crippen molar-refractivity contribution in [3.63, 3.8) is 0 Å². The summed E-state index contributed by atoms with van der Waals surface area (Å²) in [6.07, 6.45) is 2.49. The van der Waals surface area contributed by atoms with E-state index >= 15 is 0 Å². The zero-order valence-electron chi connectivity index (χ0n) is 11.5. The molecule has 0 spiro atoms. The molecule has 0 fully saturated rings. The molecule has 0 radical (unpaired) electrons. The van der Waals surface area contributed by atoms with Crippen molar-refractivity contribution >= 4 is 34.3 Å². The molecular formula is C11H20ClN5OS. The van der Waals surface area contributed by atoms with Gasteiger partial charge in [0.25, 0.3) is 0 Å². The second-order valence-corrected chi connectivity index (χ2v) is 5.85. The van der Waals surface area contributed by atoms with Crippen LogP contribution < -0.4 is 10.2 Å². The van der Waals surface area contributed by atoms with Gasteiger partial charge in [0.15, 0.2) is 0 Å². The Balaban J connectivity index is 2.65. The number of hydrogen-bond acceptors (Lipinski definition) is 6.